The van der Waals surface area contributed by atoms with E-state index in [0.29, 0.717) is 0 Å². The van der Waals surface area contributed by atoms with E-state index in [1.807, 2.05) is 18.2 Å². The molecule has 0 aliphatic rings. The summed E-state index contributed by atoms with van der Waals surface area (Å²) in [6.45, 7) is 2.08. The maximum atomic E-state index is 5.04. The Bertz CT molecular complexity index is 234. The van der Waals surface area contributed by atoms with E-state index in [1.165, 1.54) is 5.56 Å². The van der Waals surface area contributed by atoms with Crippen molar-refractivity contribution in [1.82, 2.24) is 0 Å². The van der Waals surface area contributed by atoms with Gasteiger partial charge in [0.25, 0.3) is 0 Å². The first-order valence-corrected chi connectivity index (χ1v) is 16.1. The molecule has 0 heterocycles. The molecule has 0 nitrogen and oxygen atoms in total. The van der Waals surface area contributed by atoms with E-state index < -0.39 is 9.60 Å². The summed E-state index contributed by atoms with van der Waals surface area (Å²) in [5.41, 5.74) is 1.32. The summed E-state index contributed by atoms with van der Waals surface area (Å²) < 4.78 is 0. The second kappa shape index (κ2) is 5.44. The molecular formula is C7H8Cl5Mo. The Balaban J connectivity index is 0.000000226. The average molecular weight is 365 g/mol. The Kier molecular flexibility index (Phi) is 6.01. The van der Waals surface area contributed by atoms with Gasteiger partial charge in [0, 0.05) is 0 Å². The Morgan fingerprint density at radius 1 is 0.846 bits per heavy atom. The second-order valence-electron chi connectivity index (χ2n) is 2.24. The topological polar surface area (TPSA) is 0 Å². The summed E-state index contributed by atoms with van der Waals surface area (Å²) >= 11 is 0. The van der Waals surface area contributed by atoms with Gasteiger partial charge in [-0.25, -0.2) is 0 Å². The molecule has 1 aromatic carbocycles. The van der Waals surface area contributed by atoms with Crippen molar-refractivity contribution >= 4 is 47.1 Å². The van der Waals surface area contributed by atoms with Gasteiger partial charge < -0.3 is 0 Å². The molecule has 0 saturated carbocycles. The molecule has 1 rings (SSSR count). The minimum atomic E-state index is -4.26. The van der Waals surface area contributed by atoms with Gasteiger partial charge in [0.2, 0.25) is 0 Å². The molecule has 0 spiro atoms. The van der Waals surface area contributed by atoms with Crippen molar-refractivity contribution in [2.24, 2.45) is 0 Å². The zero-order valence-corrected chi connectivity index (χ0v) is 12.5. The van der Waals surface area contributed by atoms with Crippen molar-refractivity contribution in [1.29, 1.82) is 0 Å². The third-order valence-corrected chi connectivity index (χ3v) is 0.940. The monoisotopic (exact) mass is 365 g/mol. The van der Waals surface area contributed by atoms with Gasteiger partial charge in [-0.15, -0.1) is 0 Å². The van der Waals surface area contributed by atoms with Gasteiger partial charge in [0.15, 0.2) is 0 Å². The zero-order chi connectivity index (χ0) is 10.6. The van der Waals surface area contributed by atoms with Gasteiger partial charge in [0.1, 0.15) is 0 Å². The van der Waals surface area contributed by atoms with Crippen LogP contribution < -0.4 is 0 Å². The predicted octanol–water partition coefficient (Wildman–Crippen LogP) is 5.44. The molecule has 0 aromatic heterocycles. The van der Waals surface area contributed by atoms with Crippen LogP contribution in [0.15, 0.2) is 30.3 Å². The van der Waals surface area contributed by atoms with Crippen LogP contribution in [0.3, 0.4) is 0 Å². The van der Waals surface area contributed by atoms with Crippen molar-refractivity contribution in [3.05, 3.63) is 35.9 Å². The van der Waals surface area contributed by atoms with Crippen LogP contribution in [0.4, 0.5) is 0 Å². The third-order valence-electron chi connectivity index (χ3n) is 0.940. The van der Waals surface area contributed by atoms with Gasteiger partial charge in [-0.05, 0) is 6.92 Å². The Morgan fingerprint density at radius 3 is 1.31 bits per heavy atom. The van der Waals surface area contributed by atoms with Crippen molar-refractivity contribution < 1.29 is 9.60 Å². The van der Waals surface area contributed by atoms with Gasteiger partial charge >= 0.3 is 56.7 Å². The summed E-state index contributed by atoms with van der Waals surface area (Å²) in [7, 11) is 20.9. The van der Waals surface area contributed by atoms with Crippen molar-refractivity contribution in [3.63, 3.8) is 0 Å². The van der Waals surface area contributed by atoms with Crippen LogP contribution in [0.5, 0.6) is 0 Å². The summed E-state index contributed by atoms with van der Waals surface area (Å²) in [5, 5.41) is 0. The molecule has 0 amide bonds. The number of benzene rings is 1. The van der Waals surface area contributed by atoms with E-state index in [-0.39, 0.29) is 0 Å². The van der Waals surface area contributed by atoms with Crippen molar-refractivity contribution in [2.45, 2.75) is 6.92 Å². The Labute approximate surface area is 98.5 Å². The molecule has 0 N–H and O–H groups in total. The van der Waals surface area contributed by atoms with Crippen LogP contribution >= 0.6 is 47.1 Å². The van der Waals surface area contributed by atoms with Gasteiger partial charge in [-0.1, -0.05) is 35.9 Å². The quantitative estimate of drug-likeness (QED) is 0.537. The summed E-state index contributed by atoms with van der Waals surface area (Å²) in [6, 6.07) is 10.3. The molecule has 77 valence electrons. The molecule has 0 radical (unpaired) electrons. The number of aryl methyl sites for hydroxylation is 1. The predicted molar refractivity (Wildman–Crippen MR) is 60.4 cm³/mol. The van der Waals surface area contributed by atoms with Crippen LogP contribution in [-0.2, 0) is 9.60 Å². The molecule has 6 heteroatoms. The van der Waals surface area contributed by atoms with Gasteiger partial charge in [-0.2, -0.15) is 0 Å². The fraction of sp³-hybridized carbons (Fsp3) is 0.143. The van der Waals surface area contributed by atoms with Crippen LogP contribution in [0.1, 0.15) is 5.56 Å². The Hall–Kier alpha value is 1.36. The van der Waals surface area contributed by atoms with E-state index in [0.717, 1.165) is 0 Å². The van der Waals surface area contributed by atoms with Crippen LogP contribution in [0.2, 0.25) is 0 Å². The van der Waals surface area contributed by atoms with Crippen molar-refractivity contribution in [2.75, 3.05) is 0 Å². The van der Waals surface area contributed by atoms with E-state index in [2.05, 4.69) is 19.1 Å². The maximum absolute atomic E-state index is 5.04. The van der Waals surface area contributed by atoms with Gasteiger partial charge in [-0.3, -0.25) is 0 Å². The fourth-order valence-electron chi connectivity index (χ4n) is 0.534. The first kappa shape index (κ1) is 14.4. The Morgan fingerprint density at radius 2 is 1.15 bits per heavy atom. The first-order valence-electron chi connectivity index (χ1n) is 3.18. The molecule has 0 fully saturated rings. The number of hydrogen-bond acceptors (Lipinski definition) is 0. The summed E-state index contributed by atoms with van der Waals surface area (Å²) in [4.78, 5) is 0. The van der Waals surface area contributed by atoms with Crippen molar-refractivity contribution in [3.8, 4) is 0 Å². The molecule has 0 aliphatic heterocycles. The molecule has 13 heavy (non-hydrogen) atoms. The van der Waals surface area contributed by atoms with Crippen LogP contribution in [0.25, 0.3) is 0 Å². The zero-order valence-electron chi connectivity index (χ0n) is 6.68. The number of hydrogen-bond donors (Lipinski definition) is 0. The molecule has 0 unspecified atom stereocenters. The van der Waals surface area contributed by atoms with E-state index in [4.69, 9.17) is 47.1 Å². The van der Waals surface area contributed by atoms with Gasteiger partial charge in [0.05, 0.1) is 0 Å². The molecule has 1 aromatic rings. The second-order valence-corrected chi connectivity index (χ2v) is 32.7. The first-order chi connectivity index (χ1) is 5.63. The van der Waals surface area contributed by atoms with Crippen LogP contribution in [0, 0.1) is 6.92 Å². The summed E-state index contributed by atoms with van der Waals surface area (Å²) in [5.74, 6) is 0. The SMILES string of the molecule is Cc1ccccc1.[Cl][Mo]([Cl])([Cl])([Cl])[Cl]. The van der Waals surface area contributed by atoms with E-state index in [9.17, 15) is 0 Å². The normalized spacial score (nSPS) is 13.5. The minimum absolute atomic E-state index is 1.32. The molecule has 0 saturated heterocycles. The molecule has 0 bridgehead atoms. The molecular weight excluding hydrogens is 357 g/mol. The average Bonchev–Trinajstić information content (AvgIpc) is 1.83. The molecule has 0 aliphatic carbocycles. The standard InChI is InChI=1S/C7H8.5ClH.Mo/c1-7-5-3-2-4-6-7;;;;;;/h2-6H,1H3;5*1H;/q;;;;;;+5/p-5. The fourth-order valence-corrected chi connectivity index (χ4v) is 0.534. The summed E-state index contributed by atoms with van der Waals surface area (Å²) in [6.07, 6.45) is 0. The molecule has 0 atom stereocenters. The number of halogens is 5. The van der Waals surface area contributed by atoms with Crippen LogP contribution in [-0.4, -0.2) is 0 Å². The number of rotatable bonds is 0. The third kappa shape index (κ3) is 19.7. The van der Waals surface area contributed by atoms with E-state index in [1.54, 1.807) is 0 Å². The van der Waals surface area contributed by atoms with E-state index >= 15 is 0 Å².